The molecule has 2 amide bonds. The zero-order chi connectivity index (χ0) is 15.5. The first-order valence-electron chi connectivity index (χ1n) is 7.55. The van der Waals surface area contributed by atoms with Crippen LogP contribution in [0.5, 0.6) is 0 Å². The molecule has 21 heavy (non-hydrogen) atoms. The first kappa shape index (κ1) is 15.6. The fourth-order valence-electron chi connectivity index (χ4n) is 3.07. The van der Waals surface area contributed by atoms with E-state index in [4.69, 9.17) is 10.00 Å². The van der Waals surface area contributed by atoms with Crippen LogP contribution >= 0.6 is 0 Å². The molecule has 1 unspecified atom stereocenters. The summed E-state index contributed by atoms with van der Waals surface area (Å²) in [6.07, 6.45) is 3.52. The maximum Gasteiger partial charge on any atom is 0.410 e. The summed E-state index contributed by atoms with van der Waals surface area (Å²) in [5.74, 6) is 0.0000831. The molecule has 0 aromatic rings. The lowest BCUT2D eigenvalue weighted by atomic mass is 9.82. The number of methoxy groups -OCH3 is 1. The number of rotatable bonds is 1. The van der Waals surface area contributed by atoms with E-state index in [0.717, 1.165) is 12.8 Å². The van der Waals surface area contributed by atoms with Crippen molar-refractivity contribution in [3.63, 3.8) is 0 Å². The summed E-state index contributed by atoms with van der Waals surface area (Å²) in [5, 5.41) is 9.15. The Morgan fingerprint density at radius 2 is 1.90 bits per heavy atom. The number of piperidine rings is 2. The van der Waals surface area contributed by atoms with Gasteiger partial charge in [0.05, 0.1) is 18.6 Å². The second-order valence-corrected chi connectivity index (χ2v) is 6.17. The molecule has 0 spiro atoms. The van der Waals surface area contributed by atoms with Gasteiger partial charge in [0.1, 0.15) is 6.04 Å². The van der Waals surface area contributed by atoms with Crippen molar-refractivity contribution < 1.29 is 14.3 Å². The van der Waals surface area contributed by atoms with Gasteiger partial charge in [-0.1, -0.05) is 0 Å². The lowest BCUT2D eigenvalue weighted by molar-refractivity contribution is -0.139. The fourth-order valence-corrected chi connectivity index (χ4v) is 3.07. The SMILES string of the molecule is COC(=O)N1CCCCC1C(=O)N1CCC(C)(C#N)CC1. The molecule has 0 N–H and O–H groups in total. The molecule has 116 valence electrons. The van der Waals surface area contributed by atoms with E-state index < -0.39 is 12.1 Å². The fraction of sp³-hybridized carbons (Fsp3) is 0.800. The van der Waals surface area contributed by atoms with Crippen molar-refractivity contribution in [3.8, 4) is 6.07 Å². The highest BCUT2D eigenvalue weighted by Gasteiger charge is 2.38. The number of hydrogen-bond donors (Lipinski definition) is 0. The molecule has 0 saturated carbocycles. The lowest BCUT2D eigenvalue weighted by Gasteiger charge is -2.40. The summed E-state index contributed by atoms with van der Waals surface area (Å²) in [7, 11) is 1.34. The standard InChI is InChI=1S/C15H23N3O3/c1-15(11-16)6-9-17(10-7-15)13(19)12-5-3-4-8-18(12)14(20)21-2/h12H,3-10H2,1-2H3. The summed E-state index contributed by atoms with van der Waals surface area (Å²) >= 11 is 0. The van der Waals surface area contributed by atoms with Gasteiger partial charge in [-0.25, -0.2) is 4.79 Å². The van der Waals surface area contributed by atoms with E-state index in [1.165, 1.54) is 7.11 Å². The third-order valence-corrected chi connectivity index (χ3v) is 4.65. The van der Waals surface area contributed by atoms with Gasteiger partial charge in [-0.3, -0.25) is 9.69 Å². The van der Waals surface area contributed by atoms with Gasteiger partial charge in [-0.2, -0.15) is 5.26 Å². The number of nitrogens with zero attached hydrogens (tertiary/aromatic N) is 3. The van der Waals surface area contributed by atoms with E-state index in [9.17, 15) is 9.59 Å². The highest BCUT2D eigenvalue weighted by atomic mass is 16.5. The average molecular weight is 293 g/mol. The van der Waals surface area contributed by atoms with Gasteiger partial charge in [-0.05, 0) is 39.0 Å². The van der Waals surface area contributed by atoms with Crippen LogP contribution in [0.1, 0.15) is 39.0 Å². The molecule has 0 aromatic heterocycles. The predicted molar refractivity (Wildman–Crippen MR) is 76.3 cm³/mol. The number of amides is 2. The molecule has 2 aliphatic rings. The smallest absolute Gasteiger partial charge is 0.410 e. The van der Waals surface area contributed by atoms with E-state index in [1.807, 2.05) is 6.92 Å². The Labute approximate surface area is 125 Å². The van der Waals surface area contributed by atoms with Crippen LogP contribution in [-0.4, -0.2) is 54.6 Å². The summed E-state index contributed by atoms with van der Waals surface area (Å²) in [6.45, 7) is 3.70. The number of nitriles is 1. The zero-order valence-electron chi connectivity index (χ0n) is 12.8. The van der Waals surface area contributed by atoms with Crippen LogP contribution in [0.4, 0.5) is 4.79 Å². The Hall–Kier alpha value is -1.77. The average Bonchev–Trinajstić information content (AvgIpc) is 2.54. The van der Waals surface area contributed by atoms with Crippen LogP contribution < -0.4 is 0 Å². The summed E-state index contributed by atoms with van der Waals surface area (Å²) in [5.41, 5.74) is -0.328. The third-order valence-electron chi connectivity index (χ3n) is 4.65. The first-order chi connectivity index (χ1) is 10.0. The van der Waals surface area contributed by atoms with Crippen molar-refractivity contribution in [1.29, 1.82) is 5.26 Å². The molecule has 0 radical (unpaired) electrons. The molecular weight excluding hydrogens is 270 g/mol. The van der Waals surface area contributed by atoms with E-state index in [0.29, 0.717) is 38.9 Å². The topological polar surface area (TPSA) is 73.6 Å². The number of likely N-dealkylation sites (tertiary alicyclic amines) is 2. The normalized spacial score (nSPS) is 25.1. The van der Waals surface area contributed by atoms with Gasteiger partial charge in [0.25, 0.3) is 0 Å². The van der Waals surface area contributed by atoms with Crippen molar-refractivity contribution >= 4 is 12.0 Å². The van der Waals surface area contributed by atoms with Crippen molar-refractivity contribution in [2.75, 3.05) is 26.7 Å². The molecule has 6 heteroatoms. The third kappa shape index (κ3) is 3.29. The van der Waals surface area contributed by atoms with Gasteiger partial charge < -0.3 is 9.64 Å². The maximum absolute atomic E-state index is 12.7. The van der Waals surface area contributed by atoms with Crippen LogP contribution in [-0.2, 0) is 9.53 Å². The first-order valence-corrected chi connectivity index (χ1v) is 7.55. The molecule has 0 aromatic carbocycles. The monoisotopic (exact) mass is 293 g/mol. The minimum atomic E-state index is -0.424. The molecule has 0 bridgehead atoms. The molecule has 2 heterocycles. The van der Waals surface area contributed by atoms with Crippen LogP contribution in [0.3, 0.4) is 0 Å². The molecule has 6 nitrogen and oxygen atoms in total. The number of ether oxygens (including phenoxy) is 1. The van der Waals surface area contributed by atoms with Crippen molar-refractivity contribution in [2.24, 2.45) is 5.41 Å². The van der Waals surface area contributed by atoms with Crippen molar-refractivity contribution in [3.05, 3.63) is 0 Å². The molecule has 2 aliphatic heterocycles. The largest absolute Gasteiger partial charge is 0.453 e. The lowest BCUT2D eigenvalue weighted by Crippen LogP contribution is -2.55. The Morgan fingerprint density at radius 1 is 1.24 bits per heavy atom. The van der Waals surface area contributed by atoms with E-state index >= 15 is 0 Å². The van der Waals surface area contributed by atoms with Crippen LogP contribution in [0, 0.1) is 16.7 Å². The van der Waals surface area contributed by atoms with Crippen molar-refractivity contribution in [2.45, 2.75) is 45.1 Å². The Balaban J connectivity index is 2.02. The maximum atomic E-state index is 12.7. The predicted octanol–water partition coefficient (Wildman–Crippen LogP) is 1.76. The highest BCUT2D eigenvalue weighted by Crippen LogP contribution is 2.31. The van der Waals surface area contributed by atoms with Crippen LogP contribution in [0.25, 0.3) is 0 Å². The molecule has 2 fully saturated rings. The van der Waals surface area contributed by atoms with E-state index in [1.54, 1.807) is 9.80 Å². The number of carbonyl (C=O) groups is 2. The second-order valence-electron chi connectivity index (χ2n) is 6.17. The van der Waals surface area contributed by atoms with E-state index in [2.05, 4.69) is 6.07 Å². The number of hydrogen-bond acceptors (Lipinski definition) is 4. The summed E-state index contributed by atoms with van der Waals surface area (Å²) in [6, 6.07) is 1.93. The van der Waals surface area contributed by atoms with Gasteiger partial charge >= 0.3 is 6.09 Å². The van der Waals surface area contributed by atoms with E-state index in [-0.39, 0.29) is 11.3 Å². The molecule has 2 rings (SSSR count). The Morgan fingerprint density at radius 3 is 2.48 bits per heavy atom. The Kier molecular flexibility index (Phi) is 4.71. The number of carbonyl (C=O) groups excluding carboxylic acids is 2. The van der Waals surface area contributed by atoms with Gasteiger partial charge in [0.15, 0.2) is 0 Å². The van der Waals surface area contributed by atoms with Gasteiger partial charge in [0, 0.05) is 19.6 Å². The highest BCUT2D eigenvalue weighted by molar-refractivity contribution is 5.86. The summed E-state index contributed by atoms with van der Waals surface area (Å²) < 4.78 is 4.78. The quantitative estimate of drug-likeness (QED) is 0.738. The minimum Gasteiger partial charge on any atom is -0.453 e. The van der Waals surface area contributed by atoms with Crippen molar-refractivity contribution in [1.82, 2.24) is 9.80 Å². The van der Waals surface area contributed by atoms with Gasteiger partial charge in [-0.15, -0.1) is 0 Å². The van der Waals surface area contributed by atoms with Crippen LogP contribution in [0.15, 0.2) is 0 Å². The second kappa shape index (κ2) is 6.33. The van der Waals surface area contributed by atoms with Gasteiger partial charge in [0.2, 0.25) is 5.91 Å². The van der Waals surface area contributed by atoms with Crippen LogP contribution in [0.2, 0.25) is 0 Å². The molecular formula is C15H23N3O3. The molecule has 0 aliphatic carbocycles. The minimum absolute atomic E-state index is 0.0000831. The summed E-state index contributed by atoms with van der Waals surface area (Å²) in [4.78, 5) is 27.8. The Bertz CT molecular complexity index is 450. The molecule has 2 saturated heterocycles. The molecule has 1 atom stereocenters. The zero-order valence-corrected chi connectivity index (χ0v) is 12.8.